The van der Waals surface area contributed by atoms with Crippen LogP contribution in [0.25, 0.3) is 0 Å². The van der Waals surface area contributed by atoms with Crippen molar-refractivity contribution in [2.45, 2.75) is 12.5 Å². The maximum absolute atomic E-state index is 9.49. The smallest absolute Gasteiger partial charge is 0.148 e. The molecule has 0 spiro atoms. The lowest BCUT2D eigenvalue weighted by molar-refractivity contribution is -0.119. The lowest BCUT2D eigenvalue weighted by Gasteiger charge is -1.88. The molecule has 0 fully saturated rings. The minimum atomic E-state index is -1.10. The van der Waals surface area contributed by atoms with Gasteiger partial charge in [-0.05, 0) is 0 Å². The first kappa shape index (κ1) is 6.30. The lowest BCUT2D eigenvalue weighted by Crippen LogP contribution is -2.07. The van der Waals surface area contributed by atoms with Gasteiger partial charge in [0.15, 0.2) is 0 Å². The summed E-state index contributed by atoms with van der Waals surface area (Å²) in [6.07, 6.45) is -0.366. The van der Waals surface area contributed by atoms with Gasteiger partial charge < -0.3 is 14.7 Å². The summed E-state index contributed by atoms with van der Waals surface area (Å²) in [5.41, 5.74) is 0. The molecule has 3 nitrogen and oxygen atoms in total. The maximum atomic E-state index is 9.49. The van der Waals surface area contributed by atoms with Gasteiger partial charge in [0, 0.05) is 6.42 Å². The molecule has 0 aromatic rings. The third kappa shape index (κ3) is 3.12. The minimum absolute atomic E-state index is 0.0938. The number of carbonyl (C=O) groups is 2. The molecule has 0 heterocycles. The molecule has 0 unspecified atom stereocenters. The highest BCUT2D eigenvalue weighted by atomic mass is 16.3. The van der Waals surface area contributed by atoms with Crippen LogP contribution in [-0.4, -0.2) is 23.8 Å². The summed E-state index contributed by atoms with van der Waals surface area (Å²) >= 11 is 0. The van der Waals surface area contributed by atoms with Crippen LogP contribution >= 0.6 is 0 Å². The van der Waals surface area contributed by atoms with E-state index in [4.69, 9.17) is 5.11 Å². The molecule has 0 bridgehead atoms. The Balaban J connectivity index is 3.15. The molecule has 0 rings (SSSR count). The fourth-order valence-electron chi connectivity index (χ4n) is 0.154. The van der Waals surface area contributed by atoms with Gasteiger partial charge in [-0.3, -0.25) is 0 Å². The van der Waals surface area contributed by atoms with Gasteiger partial charge in [0.25, 0.3) is 0 Å². The summed E-state index contributed by atoms with van der Waals surface area (Å²) in [6.45, 7) is 0. The first-order chi connectivity index (χ1) is 3.31. The number of aldehydes is 2. The van der Waals surface area contributed by atoms with E-state index in [1.165, 1.54) is 0 Å². The Kier molecular flexibility index (Phi) is 3.14. The molecule has 0 aliphatic heterocycles. The predicted octanol–water partition coefficient (Wildman–Crippen LogP) is -0.865. The van der Waals surface area contributed by atoms with Crippen molar-refractivity contribution < 1.29 is 14.7 Å². The number of aliphatic hydroxyl groups excluding tert-OH is 1. The van der Waals surface area contributed by atoms with E-state index in [1.807, 2.05) is 0 Å². The van der Waals surface area contributed by atoms with E-state index >= 15 is 0 Å². The van der Waals surface area contributed by atoms with E-state index < -0.39 is 6.10 Å². The molecule has 3 heteroatoms. The van der Waals surface area contributed by atoms with E-state index in [1.54, 1.807) is 0 Å². The number of rotatable bonds is 3. The zero-order chi connectivity index (χ0) is 5.70. The van der Waals surface area contributed by atoms with Crippen LogP contribution in [0.5, 0.6) is 0 Å². The Bertz CT molecular complexity index is 69.3. The third-order valence-corrected chi connectivity index (χ3v) is 0.495. The average Bonchev–Trinajstić information content (AvgIpc) is 1.68. The van der Waals surface area contributed by atoms with Crippen LogP contribution in [0.15, 0.2) is 0 Å². The van der Waals surface area contributed by atoms with Gasteiger partial charge in [-0.15, -0.1) is 0 Å². The van der Waals surface area contributed by atoms with Crippen molar-refractivity contribution in [3.8, 4) is 0 Å². The second-order valence-electron chi connectivity index (χ2n) is 1.11. The number of carbonyl (C=O) groups excluding carboxylic acids is 2. The van der Waals surface area contributed by atoms with Crippen molar-refractivity contribution in [3.05, 3.63) is 0 Å². The zero-order valence-electron chi connectivity index (χ0n) is 3.70. The van der Waals surface area contributed by atoms with Crippen LogP contribution in [0, 0.1) is 0 Å². The molecule has 40 valence electrons. The van der Waals surface area contributed by atoms with E-state index in [0.717, 1.165) is 0 Å². The summed E-state index contributed by atoms with van der Waals surface area (Å²) in [7, 11) is 0. The quantitative estimate of drug-likeness (QED) is 0.471. The van der Waals surface area contributed by atoms with Gasteiger partial charge in [-0.25, -0.2) is 0 Å². The Morgan fingerprint density at radius 2 is 2.14 bits per heavy atom. The van der Waals surface area contributed by atoms with E-state index in [-0.39, 0.29) is 6.42 Å². The monoisotopic (exact) mass is 102 g/mol. The fraction of sp³-hybridized carbons (Fsp3) is 0.500. The predicted molar refractivity (Wildman–Crippen MR) is 22.8 cm³/mol. The summed E-state index contributed by atoms with van der Waals surface area (Å²) < 4.78 is 0. The van der Waals surface area contributed by atoms with Crippen molar-refractivity contribution in [2.75, 3.05) is 0 Å². The van der Waals surface area contributed by atoms with E-state index in [0.29, 0.717) is 12.6 Å². The Labute approximate surface area is 41.0 Å². The van der Waals surface area contributed by atoms with Crippen LogP contribution in [0.2, 0.25) is 0 Å². The Hall–Kier alpha value is -0.700. The minimum Gasteiger partial charge on any atom is -0.385 e. The van der Waals surface area contributed by atoms with Gasteiger partial charge in [-0.1, -0.05) is 0 Å². The van der Waals surface area contributed by atoms with Gasteiger partial charge in [0.2, 0.25) is 0 Å². The third-order valence-electron chi connectivity index (χ3n) is 0.495. The first-order valence-corrected chi connectivity index (χ1v) is 1.88. The summed E-state index contributed by atoms with van der Waals surface area (Å²) in [5.74, 6) is 0. The molecule has 0 amide bonds. The Morgan fingerprint density at radius 1 is 1.57 bits per heavy atom. The molecule has 0 aromatic heterocycles. The van der Waals surface area contributed by atoms with Gasteiger partial charge >= 0.3 is 0 Å². The van der Waals surface area contributed by atoms with Gasteiger partial charge in [0.05, 0.1) is 0 Å². The number of aliphatic hydroxyl groups is 1. The molecule has 0 aliphatic rings. The summed E-state index contributed by atoms with van der Waals surface area (Å²) in [5, 5.41) is 8.26. The average molecular weight is 102 g/mol. The molecule has 7 heavy (non-hydrogen) atoms. The van der Waals surface area contributed by atoms with Gasteiger partial charge in [-0.2, -0.15) is 0 Å². The molecule has 0 saturated heterocycles. The highest BCUT2D eigenvalue weighted by Crippen LogP contribution is 1.78. The fourth-order valence-corrected chi connectivity index (χ4v) is 0.154. The molecular formula is C4H6O3. The second-order valence-corrected chi connectivity index (χ2v) is 1.11. The Morgan fingerprint density at radius 3 is 2.29 bits per heavy atom. The molecular weight excluding hydrogens is 96.0 g/mol. The van der Waals surface area contributed by atoms with Crippen LogP contribution in [0.1, 0.15) is 6.42 Å². The lowest BCUT2D eigenvalue weighted by atomic mass is 10.3. The highest BCUT2D eigenvalue weighted by molar-refractivity contribution is 5.63. The van der Waals surface area contributed by atoms with Crippen molar-refractivity contribution in [2.24, 2.45) is 0 Å². The van der Waals surface area contributed by atoms with Crippen LogP contribution in [0.4, 0.5) is 0 Å². The molecule has 0 saturated carbocycles. The van der Waals surface area contributed by atoms with Crippen LogP contribution in [-0.2, 0) is 9.59 Å². The highest BCUT2D eigenvalue weighted by Gasteiger charge is 1.95. The second kappa shape index (κ2) is 3.49. The van der Waals surface area contributed by atoms with Crippen LogP contribution < -0.4 is 0 Å². The molecule has 1 atom stereocenters. The van der Waals surface area contributed by atoms with Crippen molar-refractivity contribution in [1.29, 1.82) is 0 Å². The SMILES string of the molecule is O=CC[C@H](O)C=O. The normalized spacial score (nSPS) is 12.7. The molecule has 0 aromatic carbocycles. The number of hydrogen-bond donors (Lipinski definition) is 1. The van der Waals surface area contributed by atoms with Gasteiger partial charge in [0.1, 0.15) is 18.7 Å². The molecule has 0 aliphatic carbocycles. The summed E-state index contributed by atoms with van der Waals surface area (Å²) in [6, 6.07) is 0. The molecule has 1 N–H and O–H groups in total. The van der Waals surface area contributed by atoms with E-state index in [9.17, 15) is 9.59 Å². The maximum Gasteiger partial charge on any atom is 0.148 e. The van der Waals surface area contributed by atoms with E-state index in [2.05, 4.69) is 0 Å². The standard InChI is InChI=1S/C4H6O3/c5-2-1-4(7)3-6/h2-4,7H,1H2/t4-/m0/s1. The number of hydrogen-bond acceptors (Lipinski definition) is 3. The van der Waals surface area contributed by atoms with Crippen molar-refractivity contribution in [3.63, 3.8) is 0 Å². The first-order valence-electron chi connectivity index (χ1n) is 1.88. The van der Waals surface area contributed by atoms with Crippen molar-refractivity contribution >= 4 is 12.6 Å². The summed E-state index contributed by atoms with van der Waals surface area (Å²) in [4.78, 5) is 18.9. The van der Waals surface area contributed by atoms with Crippen LogP contribution in [0.3, 0.4) is 0 Å². The van der Waals surface area contributed by atoms with Crippen molar-refractivity contribution in [1.82, 2.24) is 0 Å². The zero-order valence-corrected chi connectivity index (χ0v) is 3.70. The topological polar surface area (TPSA) is 54.4 Å². The largest absolute Gasteiger partial charge is 0.385 e. The molecule has 0 radical (unpaired) electrons.